The minimum atomic E-state index is -0.518. The molecule has 2 aromatic carbocycles. The molecule has 3 rings (SSSR count). The van der Waals surface area contributed by atoms with Crippen molar-refractivity contribution in [3.63, 3.8) is 0 Å². The van der Waals surface area contributed by atoms with Gasteiger partial charge in [-0.15, -0.1) is 0 Å². The van der Waals surface area contributed by atoms with E-state index >= 15 is 0 Å². The summed E-state index contributed by atoms with van der Waals surface area (Å²) in [5.41, 5.74) is 6.10. The van der Waals surface area contributed by atoms with Gasteiger partial charge < -0.3 is 0 Å². The van der Waals surface area contributed by atoms with Crippen LogP contribution in [0.15, 0.2) is 60.7 Å². The van der Waals surface area contributed by atoms with Crippen molar-refractivity contribution in [3.8, 4) is 0 Å². The minimum absolute atomic E-state index is 0.200. The second kappa shape index (κ2) is 7.99. The number of carbonyl (C=O) groups is 2. The lowest BCUT2D eigenvalue weighted by Gasteiger charge is -2.06. The minimum Gasteiger partial charge on any atom is -0.268 e. The summed E-state index contributed by atoms with van der Waals surface area (Å²) in [4.78, 5) is 28.2. The maximum Gasteiger partial charge on any atom is 0.288 e. The molecule has 1 heterocycles. The molecule has 130 valence electrons. The van der Waals surface area contributed by atoms with Gasteiger partial charge in [-0.3, -0.25) is 20.4 Å². The largest absolute Gasteiger partial charge is 0.288 e. The molecule has 0 aliphatic rings. The van der Waals surface area contributed by atoms with Gasteiger partial charge in [0.05, 0.1) is 15.6 Å². The topological polar surface area (TPSA) is 71.1 Å². The van der Waals surface area contributed by atoms with Crippen LogP contribution in [0.4, 0.5) is 0 Å². The van der Waals surface area contributed by atoms with E-state index in [1.807, 2.05) is 24.3 Å². The molecule has 0 fully saturated rings. The van der Waals surface area contributed by atoms with Gasteiger partial charge in [-0.05, 0) is 29.8 Å². The Labute approximate surface area is 159 Å². The number of amides is 2. The third kappa shape index (κ3) is 4.20. The quantitative estimate of drug-likeness (QED) is 0.528. The van der Waals surface area contributed by atoms with E-state index in [4.69, 9.17) is 23.2 Å². The molecule has 0 aliphatic carbocycles. The summed E-state index contributed by atoms with van der Waals surface area (Å²) in [5.74, 6) is -1.03. The fraction of sp³-hybridized carbons (Fsp3) is 0. The third-order valence-corrected chi connectivity index (χ3v) is 4.36. The van der Waals surface area contributed by atoms with Crippen LogP contribution < -0.4 is 10.9 Å². The number of carbonyl (C=O) groups excluding carboxylic acids is 2. The van der Waals surface area contributed by atoms with Gasteiger partial charge in [0.2, 0.25) is 0 Å². The molecule has 0 spiro atoms. The molecule has 3 aromatic rings. The SMILES string of the molecule is O=C(/C=C/c1cccc(Cl)c1Cl)NNC(=O)c1ccc2ccccc2n1. The summed E-state index contributed by atoms with van der Waals surface area (Å²) in [7, 11) is 0. The summed E-state index contributed by atoms with van der Waals surface area (Å²) in [6.07, 6.45) is 2.75. The van der Waals surface area contributed by atoms with E-state index in [0.29, 0.717) is 21.1 Å². The number of hydrazine groups is 1. The fourth-order valence-electron chi connectivity index (χ4n) is 2.23. The van der Waals surface area contributed by atoms with Crippen molar-refractivity contribution in [1.82, 2.24) is 15.8 Å². The number of nitrogens with one attached hydrogen (secondary N) is 2. The Bertz CT molecular complexity index is 1020. The number of fused-ring (bicyclic) bond motifs is 1. The number of hydrogen-bond acceptors (Lipinski definition) is 3. The van der Waals surface area contributed by atoms with Crippen LogP contribution in [0.1, 0.15) is 16.1 Å². The molecule has 2 amide bonds. The summed E-state index contributed by atoms with van der Waals surface area (Å²) in [5, 5.41) is 1.67. The highest BCUT2D eigenvalue weighted by atomic mass is 35.5. The Balaban J connectivity index is 1.62. The predicted molar refractivity (Wildman–Crippen MR) is 103 cm³/mol. The number of halogens is 2. The van der Waals surface area contributed by atoms with Gasteiger partial charge in [0.25, 0.3) is 11.8 Å². The number of pyridine rings is 1. The molecule has 7 heteroatoms. The summed E-state index contributed by atoms with van der Waals surface area (Å²) < 4.78 is 0. The molecular weight excluding hydrogens is 373 g/mol. The van der Waals surface area contributed by atoms with Crippen molar-refractivity contribution in [2.45, 2.75) is 0 Å². The number of benzene rings is 2. The lowest BCUT2D eigenvalue weighted by atomic mass is 10.2. The third-order valence-electron chi connectivity index (χ3n) is 3.53. The van der Waals surface area contributed by atoms with Gasteiger partial charge in [0.15, 0.2) is 0 Å². The van der Waals surface area contributed by atoms with Crippen molar-refractivity contribution >= 4 is 52.0 Å². The van der Waals surface area contributed by atoms with Gasteiger partial charge in [-0.1, -0.05) is 59.6 Å². The predicted octanol–water partition coefficient (Wildman–Crippen LogP) is 4.02. The Morgan fingerprint density at radius 2 is 1.73 bits per heavy atom. The highest BCUT2D eigenvalue weighted by Crippen LogP contribution is 2.26. The monoisotopic (exact) mass is 385 g/mol. The van der Waals surface area contributed by atoms with Crippen LogP contribution in [0.25, 0.3) is 17.0 Å². The molecular formula is C19H13Cl2N3O2. The van der Waals surface area contributed by atoms with Gasteiger partial charge in [0, 0.05) is 11.5 Å². The first-order valence-corrected chi connectivity index (χ1v) is 8.38. The van der Waals surface area contributed by atoms with E-state index < -0.39 is 11.8 Å². The number of aromatic nitrogens is 1. The highest BCUT2D eigenvalue weighted by Gasteiger charge is 2.08. The van der Waals surface area contributed by atoms with Gasteiger partial charge >= 0.3 is 0 Å². The van der Waals surface area contributed by atoms with Crippen molar-refractivity contribution in [3.05, 3.63) is 82.0 Å². The summed E-state index contributed by atoms with van der Waals surface area (Å²) >= 11 is 11.9. The van der Waals surface area contributed by atoms with Crippen LogP contribution in [-0.2, 0) is 4.79 Å². The van der Waals surface area contributed by atoms with Crippen LogP contribution in [-0.4, -0.2) is 16.8 Å². The van der Waals surface area contributed by atoms with E-state index in [9.17, 15) is 9.59 Å². The molecule has 0 atom stereocenters. The van der Waals surface area contributed by atoms with Crippen molar-refractivity contribution in [1.29, 1.82) is 0 Å². The average Bonchev–Trinajstić information content (AvgIpc) is 2.66. The number of para-hydroxylation sites is 1. The maximum absolute atomic E-state index is 12.1. The van der Waals surface area contributed by atoms with Gasteiger partial charge in [0.1, 0.15) is 5.69 Å². The molecule has 0 aliphatic heterocycles. The van der Waals surface area contributed by atoms with Crippen molar-refractivity contribution in [2.24, 2.45) is 0 Å². The van der Waals surface area contributed by atoms with Crippen LogP contribution >= 0.6 is 23.2 Å². The van der Waals surface area contributed by atoms with Crippen molar-refractivity contribution < 1.29 is 9.59 Å². The Hall–Kier alpha value is -2.89. The first kappa shape index (κ1) is 17.9. The van der Waals surface area contributed by atoms with E-state index in [-0.39, 0.29) is 5.69 Å². The van der Waals surface area contributed by atoms with Crippen LogP contribution in [0.5, 0.6) is 0 Å². The van der Waals surface area contributed by atoms with Gasteiger partial charge in [-0.25, -0.2) is 4.98 Å². The fourth-order valence-corrected chi connectivity index (χ4v) is 2.60. The Morgan fingerprint density at radius 3 is 2.58 bits per heavy atom. The standard InChI is InChI=1S/C19H13Cl2N3O2/c20-14-6-3-5-13(18(14)21)9-11-17(25)23-24-19(26)16-10-8-12-4-1-2-7-15(12)22-16/h1-11H,(H,23,25)(H,24,26)/b11-9+. The number of rotatable bonds is 3. The first-order chi connectivity index (χ1) is 12.5. The Morgan fingerprint density at radius 1 is 0.923 bits per heavy atom. The molecule has 0 unspecified atom stereocenters. The molecule has 0 saturated heterocycles. The molecule has 1 aromatic heterocycles. The van der Waals surface area contributed by atoms with E-state index in [1.165, 1.54) is 12.2 Å². The maximum atomic E-state index is 12.1. The summed E-state index contributed by atoms with van der Waals surface area (Å²) in [6, 6.07) is 15.9. The average molecular weight is 386 g/mol. The van der Waals surface area contributed by atoms with E-state index in [2.05, 4.69) is 15.8 Å². The molecule has 5 nitrogen and oxygen atoms in total. The molecule has 2 N–H and O–H groups in total. The zero-order chi connectivity index (χ0) is 18.5. The Kier molecular flexibility index (Phi) is 5.51. The van der Waals surface area contributed by atoms with E-state index in [0.717, 1.165) is 5.39 Å². The number of hydrogen-bond donors (Lipinski definition) is 2. The molecule has 0 bridgehead atoms. The highest BCUT2D eigenvalue weighted by molar-refractivity contribution is 6.42. The van der Waals surface area contributed by atoms with Crippen LogP contribution in [0.3, 0.4) is 0 Å². The zero-order valence-electron chi connectivity index (χ0n) is 13.4. The number of nitrogens with zero attached hydrogens (tertiary/aromatic N) is 1. The van der Waals surface area contributed by atoms with Gasteiger partial charge in [-0.2, -0.15) is 0 Å². The second-order valence-corrected chi connectivity index (χ2v) is 6.09. The molecule has 26 heavy (non-hydrogen) atoms. The first-order valence-electron chi connectivity index (χ1n) is 7.63. The lowest BCUT2D eigenvalue weighted by Crippen LogP contribution is -2.41. The smallest absolute Gasteiger partial charge is 0.268 e. The zero-order valence-corrected chi connectivity index (χ0v) is 14.9. The van der Waals surface area contributed by atoms with Crippen molar-refractivity contribution in [2.75, 3.05) is 0 Å². The lowest BCUT2D eigenvalue weighted by molar-refractivity contribution is -0.117. The molecule has 0 saturated carbocycles. The van der Waals surface area contributed by atoms with Crippen LogP contribution in [0.2, 0.25) is 10.0 Å². The second-order valence-electron chi connectivity index (χ2n) is 5.31. The van der Waals surface area contributed by atoms with E-state index in [1.54, 1.807) is 30.3 Å². The molecule has 0 radical (unpaired) electrons. The summed E-state index contributed by atoms with van der Waals surface area (Å²) in [6.45, 7) is 0. The van der Waals surface area contributed by atoms with Crippen LogP contribution in [0, 0.1) is 0 Å². The normalized spacial score (nSPS) is 10.8.